The molecular weight excluding hydrogens is 589 g/mol. The van der Waals surface area contributed by atoms with Gasteiger partial charge in [0.2, 0.25) is 0 Å². The second kappa shape index (κ2) is 11.6. The molecule has 6 aromatic heterocycles. The second-order valence-corrected chi connectivity index (χ2v) is 11.6. The molecule has 0 atom stereocenters. The van der Waals surface area contributed by atoms with E-state index in [0.29, 0.717) is 0 Å². The molecule has 6 heterocycles. The lowest BCUT2D eigenvalue weighted by atomic mass is 9.96. The van der Waals surface area contributed by atoms with Crippen LogP contribution in [0.4, 0.5) is 0 Å². The first kappa shape index (κ1) is 27.6. The van der Waals surface area contributed by atoms with E-state index in [2.05, 4.69) is 99.9 Å². The van der Waals surface area contributed by atoms with E-state index in [0.717, 1.165) is 89.0 Å². The van der Waals surface area contributed by atoms with E-state index in [-0.39, 0.29) is 0 Å². The van der Waals surface area contributed by atoms with Crippen LogP contribution in [0.1, 0.15) is 0 Å². The highest BCUT2D eigenvalue weighted by Crippen LogP contribution is 2.38. The Labute approximate surface area is 276 Å². The van der Waals surface area contributed by atoms with Crippen molar-refractivity contribution in [1.29, 1.82) is 0 Å². The predicted molar refractivity (Wildman–Crippen MR) is 193 cm³/mol. The van der Waals surface area contributed by atoms with Crippen LogP contribution < -0.4 is 0 Å². The minimum atomic E-state index is 0.798. The van der Waals surface area contributed by atoms with Crippen LogP contribution >= 0.6 is 0 Å². The molecule has 0 saturated heterocycles. The normalized spacial score (nSPS) is 11.3. The van der Waals surface area contributed by atoms with Gasteiger partial charge in [0.25, 0.3) is 0 Å². The van der Waals surface area contributed by atoms with Gasteiger partial charge in [-0.15, -0.1) is 0 Å². The van der Waals surface area contributed by atoms with Crippen molar-refractivity contribution in [2.75, 3.05) is 0 Å². The maximum absolute atomic E-state index is 5.22. The minimum absolute atomic E-state index is 0.798. The highest BCUT2D eigenvalue weighted by Gasteiger charge is 2.15. The van der Waals surface area contributed by atoms with Gasteiger partial charge in [0.15, 0.2) is 0 Å². The number of aromatic nitrogens is 6. The number of pyridine rings is 6. The van der Waals surface area contributed by atoms with Crippen molar-refractivity contribution in [3.63, 3.8) is 0 Å². The molecule has 0 amide bonds. The van der Waals surface area contributed by atoms with E-state index in [9.17, 15) is 0 Å². The van der Waals surface area contributed by atoms with Gasteiger partial charge in [-0.25, -0.2) is 15.0 Å². The number of fused-ring (bicyclic) bond motifs is 4. The summed E-state index contributed by atoms with van der Waals surface area (Å²) in [6.45, 7) is 0. The van der Waals surface area contributed by atoms with Gasteiger partial charge in [-0.3, -0.25) is 15.0 Å². The fourth-order valence-corrected chi connectivity index (χ4v) is 6.34. The Balaban J connectivity index is 1.16. The molecule has 224 valence electrons. The van der Waals surface area contributed by atoms with Crippen LogP contribution in [0.5, 0.6) is 0 Å². The lowest BCUT2D eigenvalue weighted by molar-refractivity contribution is 1.22. The average molecular weight is 615 g/mol. The number of para-hydroxylation sites is 1. The highest BCUT2D eigenvalue weighted by atomic mass is 14.8. The molecule has 6 heteroatoms. The van der Waals surface area contributed by atoms with Crippen molar-refractivity contribution in [1.82, 2.24) is 29.9 Å². The fourth-order valence-electron chi connectivity index (χ4n) is 6.34. The van der Waals surface area contributed by atoms with Crippen LogP contribution in [0, 0.1) is 0 Å². The van der Waals surface area contributed by atoms with E-state index in [1.165, 1.54) is 0 Å². The van der Waals surface area contributed by atoms with Crippen LogP contribution in [0.25, 0.3) is 89.0 Å². The van der Waals surface area contributed by atoms with Crippen molar-refractivity contribution in [3.8, 4) is 56.3 Å². The standard InChI is InChI=1S/C42H26N6/c1-2-10-35-32(9-1)40(30-8-7-21-43-26-30)33-19-17-29-18-20-34(47-41(29)42(33)48-35)28-15-13-27(14-16-28)31-24-38(36-11-3-5-22-44-36)46-39(25-31)37-12-4-6-23-45-37/h1-26H. The fraction of sp³-hybridized carbons (Fsp3) is 0. The summed E-state index contributed by atoms with van der Waals surface area (Å²) in [6.07, 6.45) is 7.29. The summed E-state index contributed by atoms with van der Waals surface area (Å²) in [5, 5.41) is 3.19. The molecule has 0 N–H and O–H groups in total. The first-order valence-corrected chi connectivity index (χ1v) is 15.8. The van der Waals surface area contributed by atoms with Crippen LogP contribution in [0.15, 0.2) is 158 Å². The SMILES string of the molecule is c1ccc(-c2cc(-c3ccc(-c4ccc5ccc6c(-c7cccnc7)c7ccccc7nc6c5n4)cc3)cc(-c3ccccn3)n2)nc1. The smallest absolute Gasteiger partial charge is 0.0978 e. The van der Waals surface area contributed by atoms with E-state index in [4.69, 9.17) is 15.0 Å². The van der Waals surface area contributed by atoms with Crippen LogP contribution in [-0.2, 0) is 0 Å². The average Bonchev–Trinajstić information content (AvgIpc) is 3.17. The molecule has 9 rings (SSSR count). The van der Waals surface area contributed by atoms with Crippen LogP contribution in [0.2, 0.25) is 0 Å². The number of hydrogen-bond donors (Lipinski definition) is 0. The maximum atomic E-state index is 5.22. The maximum Gasteiger partial charge on any atom is 0.0978 e. The summed E-state index contributed by atoms with van der Waals surface area (Å²) in [4.78, 5) is 28.8. The number of nitrogens with zero attached hydrogens (tertiary/aromatic N) is 6. The molecule has 6 nitrogen and oxygen atoms in total. The molecule has 0 aliphatic heterocycles. The molecule has 48 heavy (non-hydrogen) atoms. The third kappa shape index (κ3) is 4.93. The minimum Gasteiger partial charge on any atom is -0.264 e. The number of benzene rings is 3. The summed E-state index contributed by atoms with van der Waals surface area (Å²) in [5.41, 5.74) is 12.1. The predicted octanol–water partition coefficient (Wildman–Crippen LogP) is 9.85. The summed E-state index contributed by atoms with van der Waals surface area (Å²) in [5.74, 6) is 0. The molecule has 0 unspecified atom stereocenters. The lowest BCUT2D eigenvalue weighted by Gasteiger charge is -2.13. The summed E-state index contributed by atoms with van der Waals surface area (Å²) < 4.78 is 0. The van der Waals surface area contributed by atoms with Crippen molar-refractivity contribution in [2.45, 2.75) is 0 Å². The van der Waals surface area contributed by atoms with Gasteiger partial charge in [0.05, 0.1) is 45.0 Å². The van der Waals surface area contributed by atoms with Gasteiger partial charge in [-0.2, -0.15) is 0 Å². The van der Waals surface area contributed by atoms with Crippen molar-refractivity contribution in [2.24, 2.45) is 0 Å². The Morgan fingerprint density at radius 1 is 0.375 bits per heavy atom. The third-order valence-electron chi connectivity index (χ3n) is 8.65. The first-order chi connectivity index (χ1) is 23.8. The Hall–Kier alpha value is -6.66. The van der Waals surface area contributed by atoms with Gasteiger partial charge < -0.3 is 0 Å². The van der Waals surface area contributed by atoms with Crippen molar-refractivity contribution >= 4 is 32.7 Å². The second-order valence-electron chi connectivity index (χ2n) is 11.6. The highest BCUT2D eigenvalue weighted by molar-refractivity contribution is 6.16. The third-order valence-corrected chi connectivity index (χ3v) is 8.65. The summed E-state index contributed by atoms with van der Waals surface area (Å²) >= 11 is 0. The molecule has 0 fully saturated rings. The zero-order valence-electron chi connectivity index (χ0n) is 25.7. The Kier molecular flexibility index (Phi) is 6.68. The quantitative estimate of drug-likeness (QED) is 0.142. The topological polar surface area (TPSA) is 77.3 Å². The first-order valence-electron chi connectivity index (χ1n) is 15.8. The molecule has 0 saturated carbocycles. The largest absolute Gasteiger partial charge is 0.264 e. The molecule has 0 bridgehead atoms. The number of hydrogen-bond acceptors (Lipinski definition) is 6. The van der Waals surface area contributed by atoms with Crippen molar-refractivity contribution < 1.29 is 0 Å². The van der Waals surface area contributed by atoms with E-state index in [1.54, 1.807) is 18.6 Å². The lowest BCUT2D eigenvalue weighted by Crippen LogP contribution is -1.94. The van der Waals surface area contributed by atoms with E-state index in [1.807, 2.05) is 54.7 Å². The van der Waals surface area contributed by atoms with Crippen LogP contribution in [-0.4, -0.2) is 29.9 Å². The van der Waals surface area contributed by atoms with E-state index < -0.39 is 0 Å². The molecule has 0 radical (unpaired) electrons. The monoisotopic (exact) mass is 614 g/mol. The number of rotatable bonds is 5. The molecule has 3 aromatic carbocycles. The van der Waals surface area contributed by atoms with Gasteiger partial charge >= 0.3 is 0 Å². The Morgan fingerprint density at radius 3 is 1.79 bits per heavy atom. The van der Waals surface area contributed by atoms with E-state index >= 15 is 0 Å². The van der Waals surface area contributed by atoms with Gasteiger partial charge in [-0.1, -0.05) is 78.9 Å². The molecule has 0 aliphatic carbocycles. The molecule has 9 aromatic rings. The van der Waals surface area contributed by atoms with Gasteiger partial charge in [0, 0.05) is 57.6 Å². The Bertz CT molecular complexity index is 2530. The van der Waals surface area contributed by atoms with Crippen molar-refractivity contribution in [3.05, 3.63) is 158 Å². The molecule has 0 spiro atoms. The van der Waals surface area contributed by atoms with Crippen LogP contribution in [0.3, 0.4) is 0 Å². The Morgan fingerprint density at radius 2 is 1.08 bits per heavy atom. The zero-order chi connectivity index (χ0) is 31.9. The van der Waals surface area contributed by atoms with Gasteiger partial charge in [0.1, 0.15) is 0 Å². The molecule has 0 aliphatic rings. The molecular formula is C42H26N6. The zero-order valence-corrected chi connectivity index (χ0v) is 25.7. The summed E-state index contributed by atoms with van der Waals surface area (Å²) in [7, 11) is 0. The van der Waals surface area contributed by atoms with Gasteiger partial charge in [-0.05, 0) is 65.7 Å². The summed E-state index contributed by atoms with van der Waals surface area (Å²) in [6, 6.07) is 45.3.